The van der Waals surface area contributed by atoms with E-state index in [0.29, 0.717) is 22.0 Å². The maximum absolute atomic E-state index is 11.9. The van der Waals surface area contributed by atoms with E-state index < -0.39 is 24.5 Å². The summed E-state index contributed by atoms with van der Waals surface area (Å²) in [7, 11) is 1.28. The lowest BCUT2D eigenvalue weighted by molar-refractivity contribution is -0.149. The number of aryl methyl sites for hydroxylation is 2. The van der Waals surface area contributed by atoms with Crippen molar-refractivity contribution in [2.24, 2.45) is 0 Å². The van der Waals surface area contributed by atoms with Gasteiger partial charge in [-0.1, -0.05) is 11.6 Å². The zero-order valence-corrected chi connectivity index (χ0v) is 16.5. The average molecular weight is 406 g/mol. The van der Waals surface area contributed by atoms with Crippen molar-refractivity contribution in [3.05, 3.63) is 58.1 Å². The topological polar surface area (TPSA) is 90.9 Å². The van der Waals surface area contributed by atoms with Gasteiger partial charge in [0, 0.05) is 10.7 Å². The lowest BCUT2D eigenvalue weighted by Crippen LogP contribution is -2.23. The van der Waals surface area contributed by atoms with Gasteiger partial charge in [0.15, 0.2) is 13.2 Å². The molecular formula is C20H20ClNO6. The number of ether oxygens (including phenoxy) is 3. The molecule has 0 fully saturated rings. The van der Waals surface area contributed by atoms with Crippen LogP contribution in [0.15, 0.2) is 36.4 Å². The molecule has 0 spiro atoms. The Labute approximate surface area is 167 Å². The van der Waals surface area contributed by atoms with Crippen molar-refractivity contribution >= 4 is 35.1 Å². The van der Waals surface area contributed by atoms with Crippen LogP contribution >= 0.6 is 11.6 Å². The van der Waals surface area contributed by atoms with Gasteiger partial charge >= 0.3 is 11.9 Å². The summed E-state index contributed by atoms with van der Waals surface area (Å²) < 4.78 is 15.0. The molecule has 0 radical (unpaired) electrons. The Hall–Kier alpha value is -3.06. The van der Waals surface area contributed by atoms with Gasteiger partial charge in [-0.05, 0) is 61.4 Å². The van der Waals surface area contributed by atoms with Crippen molar-refractivity contribution in [2.75, 3.05) is 25.6 Å². The molecule has 0 aliphatic rings. The third-order valence-electron chi connectivity index (χ3n) is 3.71. The highest BCUT2D eigenvalue weighted by atomic mass is 35.5. The number of nitrogens with one attached hydrogen (secondary N) is 1. The maximum atomic E-state index is 11.9. The molecular weight excluding hydrogens is 386 g/mol. The lowest BCUT2D eigenvalue weighted by Gasteiger charge is -2.12. The molecule has 0 unspecified atom stereocenters. The highest BCUT2D eigenvalue weighted by Gasteiger charge is 2.12. The molecule has 0 atom stereocenters. The Morgan fingerprint density at radius 2 is 1.61 bits per heavy atom. The summed E-state index contributed by atoms with van der Waals surface area (Å²) in [6.07, 6.45) is 0. The van der Waals surface area contributed by atoms with E-state index >= 15 is 0 Å². The predicted octanol–water partition coefficient (Wildman–Crippen LogP) is 3.30. The molecule has 1 N–H and O–H groups in total. The van der Waals surface area contributed by atoms with Crippen molar-refractivity contribution in [1.29, 1.82) is 0 Å². The quantitative estimate of drug-likeness (QED) is 0.711. The van der Waals surface area contributed by atoms with Crippen LogP contribution in [-0.2, 0) is 19.1 Å². The number of hydrogen-bond acceptors (Lipinski definition) is 6. The Kier molecular flexibility index (Phi) is 7.40. The fraction of sp³-hybridized carbons (Fsp3) is 0.250. The molecule has 2 aromatic rings. The lowest BCUT2D eigenvalue weighted by atomic mass is 10.1. The molecule has 0 aliphatic heterocycles. The molecule has 7 nitrogen and oxygen atoms in total. The van der Waals surface area contributed by atoms with E-state index in [9.17, 15) is 14.4 Å². The molecule has 0 bridgehead atoms. The van der Waals surface area contributed by atoms with Crippen molar-refractivity contribution in [3.63, 3.8) is 0 Å². The van der Waals surface area contributed by atoms with Crippen molar-refractivity contribution < 1.29 is 28.6 Å². The number of anilines is 1. The van der Waals surface area contributed by atoms with Gasteiger partial charge in [0.2, 0.25) is 0 Å². The maximum Gasteiger partial charge on any atom is 0.344 e. The van der Waals surface area contributed by atoms with Crippen LogP contribution in [0.25, 0.3) is 0 Å². The molecule has 1 amide bonds. The number of carbonyl (C=O) groups is 3. The van der Waals surface area contributed by atoms with Crippen LogP contribution in [0.2, 0.25) is 5.02 Å². The normalized spacial score (nSPS) is 10.1. The number of esters is 2. The summed E-state index contributed by atoms with van der Waals surface area (Å²) in [6, 6.07) is 9.57. The molecule has 0 heterocycles. The van der Waals surface area contributed by atoms with Crippen LogP contribution in [-0.4, -0.2) is 38.2 Å². The van der Waals surface area contributed by atoms with E-state index in [1.54, 1.807) is 24.3 Å². The van der Waals surface area contributed by atoms with Gasteiger partial charge in [-0.15, -0.1) is 0 Å². The molecule has 0 aromatic heterocycles. The number of benzene rings is 2. The predicted molar refractivity (Wildman–Crippen MR) is 104 cm³/mol. The van der Waals surface area contributed by atoms with Crippen LogP contribution < -0.4 is 10.1 Å². The van der Waals surface area contributed by atoms with Gasteiger partial charge in [0.05, 0.1) is 12.7 Å². The van der Waals surface area contributed by atoms with E-state index in [0.717, 1.165) is 11.1 Å². The molecule has 0 aliphatic carbocycles. The fourth-order valence-electron chi connectivity index (χ4n) is 2.45. The summed E-state index contributed by atoms with van der Waals surface area (Å²) in [5.74, 6) is -1.11. The summed E-state index contributed by atoms with van der Waals surface area (Å²) in [5, 5.41) is 3.14. The first-order valence-electron chi connectivity index (χ1n) is 8.33. The van der Waals surface area contributed by atoms with Crippen LogP contribution in [0.3, 0.4) is 0 Å². The van der Waals surface area contributed by atoms with E-state index in [4.69, 9.17) is 21.1 Å². The number of carbonyl (C=O) groups excluding carboxylic acids is 3. The number of hydrogen-bond donors (Lipinski definition) is 1. The smallest absolute Gasteiger partial charge is 0.344 e. The first-order valence-corrected chi connectivity index (χ1v) is 8.71. The van der Waals surface area contributed by atoms with Crippen LogP contribution in [0.4, 0.5) is 5.69 Å². The number of halogens is 1. The molecule has 148 valence electrons. The van der Waals surface area contributed by atoms with Crippen LogP contribution in [0.5, 0.6) is 5.75 Å². The van der Waals surface area contributed by atoms with Gasteiger partial charge in [-0.3, -0.25) is 4.79 Å². The Morgan fingerprint density at radius 1 is 1.00 bits per heavy atom. The third kappa shape index (κ3) is 5.99. The summed E-state index contributed by atoms with van der Waals surface area (Å²) in [4.78, 5) is 35.0. The van der Waals surface area contributed by atoms with Gasteiger partial charge in [0.1, 0.15) is 5.75 Å². The summed E-state index contributed by atoms with van der Waals surface area (Å²) in [6.45, 7) is 2.85. The summed E-state index contributed by atoms with van der Waals surface area (Å²) in [5.41, 5.74) is 2.41. The minimum absolute atomic E-state index is 0.329. The van der Waals surface area contributed by atoms with Gasteiger partial charge < -0.3 is 19.5 Å². The second-order valence-corrected chi connectivity index (χ2v) is 6.37. The fourth-order valence-corrected chi connectivity index (χ4v) is 2.78. The average Bonchev–Trinajstić information content (AvgIpc) is 2.65. The van der Waals surface area contributed by atoms with Gasteiger partial charge in [0.25, 0.3) is 5.91 Å². The van der Waals surface area contributed by atoms with Crippen molar-refractivity contribution in [3.8, 4) is 5.75 Å². The molecule has 0 saturated heterocycles. The van der Waals surface area contributed by atoms with Gasteiger partial charge in [-0.2, -0.15) is 0 Å². The second kappa shape index (κ2) is 9.75. The van der Waals surface area contributed by atoms with E-state index in [1.165, 1.54) is 19.2 Å². The standard InChI is InChI=1S/C20H20ClNO6/c1-12-8-15(21)9-13(2)19(12)28-11-18(24)27-10-17(23)22-16-6-4-14(5-7-16)20(25)26-3/h4-9H,10-11H2,1-3H3,(H,22,23). The molecule has 2 aromatic carbocycles. The number of amides is 1. The second-order valence-electron chi connectivity index (χ2n) is 5.94. The molecule has 2 rings (SSSR count). The highest BCUT2D eigenvalue weighted by Crippen LogP contribution is 2.26. The molecule has 0 saturated carbocycles. The van der Waals surface area contributed by atoms with E-state index in [2.05, 4.69) is 10.1 Å². The minimum Gasteiger partial charge on any atom is -0.481 e. The zero-order chi connectivity index (χ0) is 20.7. The molecule has 28 heavy (non-hydrogen) atoms. The monoisotopic (exact) mass is 405 g/mol. The minimum atomic E-state index is -0.676. The number of methoxy groups -OCH3 is 1. The Morgan fingerprint density at radius 3 is 2.18 bits per heavy atom. The van der Waals surface area contributed by atoms with E-state index in [1.807, 2.05) is 13.8 Å². The first-order chi connectivity index (χ1) is 13.3. The largest absolute Gasteiger partial charge is 0.481 e. The van der Waals surface area contributed by atoms with Crippen molar-refractivity contribution in [1.82, 2.24) is 0 Å². The van der Waals surface area contributed by atoms with E-state index in [-0.39, 0.29) is 6.61 Å². The zero-order valence-electron chi connectivity index (χ0n) is 15.7. The summed E-state index contributed by atoms with van der Waals surface area (Å²) >= 11 is 5.95. The van der Waals surface area contributed by atoms with Crippen LogP contribution in [0, 0.1) is 13.8 Å². The third-order valence-corrected chi connectivity index (χ3v) is 3.93. The van der Waals surface area contributed by atoms with Crippen molar-refractivity contribution in [2.45, 2.75) is 13.8 Å². The van der Waals surface area contributed by atoms with Crippen LogP contribution in [0.1, 0.15) is 21.5 Å². The molecule has 8 heteroatoms. The Bertz CT molecular complexity index is 856. The number of rotatable bonds is 7. The Balaban J connectivity index is 1.79. The SMILES string of the molecule is COC(=O)c1ccc(NC(=O)COC(=O)COc2c(C)cc(Cl)cc2C)cc1. The first kappa shape index (κ1) is 21.2. The highest BCUT2D eigenvalue weighted by molar-refractivity contribution is 6.30. The van der Waals surface area contributed by atoms with Gasteiger partial charge in [-0.25, -0.2) is 9.59 Å².